The van der Waals surface area contributed by atoms with Gasteiger partial charge in [0.05, 0.1) is 16.1 Å². The first-order chi connectivity index (χ1) is 13.8. The van der Waals surface area contributed by atoms with Crippen LogP contribution in [0.15, 0.2) is 24.4 Å². The lowest BCUT2D eigenvalue weighted by molar-refractivity contribution is -0.123. The van der Waals surface area contributed by atoms with E-state index in [9.17, 15) is 4.79 Å². The van der Waals surface area contributed by atoms with Crippen LogP contribution in [0.25, 0.3) is 21.5 Å². The topological polar surface area (TPSA) is 105 Å². The van der Waals surface area contributed by atoms with Crippen molar-refractivity contribution in [3.05, 3.63) is 35.5 Å². The first-order valence-corrected chi connectivity index (χ1v) is 9.54. The highest BCUT2D eigenvalue weighted by atomic mass is 32.1. The van der Waals surface area contributed by atoms with Gasteiger partial charge in [-0.3, -0.25) is 9.59 Å². The second-order valence-electron chi connectivity index (χ2n) is 6.50. The molecular weight excluding hydrogens is 392 g/mol. The predicted molar refractivity (Wildman–Crippen MR) is 116 cm³/mol. The van der Waals surface area contributed by atoms with Crippen LogP contribution in [0.5, 0.6) is 0 Å². The van der Waals surface area contributed by atoms with E-state index in [2.05, 4.69) is 23.3 Å². The number of hydrogen-bond acceptors (Lipinski definition) is 7. The minimum absolute atomic E-state index is 0.0350. The Hall–Kier alpha value is -3.04. The van der Waals surface area contributed by atoms with Crippen LogP contribution in [0.1, 0.15) is 11.1 Å². The van der Waals surface area contributed by atoms with Gasteiger partial charge in [0, 0.05) is 38.5 Å². The molecule has 0 radical (unpaired) electrons. The van der Waals surface area contributed by atoms with E-state index in [0.29, 0.717) is 0 Å². The molecule has 2 aromatic heterocycles. The molecule has 0 fully saturated rings. The van der Waals surface area contributed by atoms with Gasteiger partial charge in [-0.25, -0.2) is 9.97 Å². The third kappa shape index (κ3) is 5.49. The van der Waals surface area contributed by atoms with Crippen molar-refractivity contribution in [2.24, 2.45) is 0 Å². The number of hydrogen-bond donors (Lipinski definition) is 2. The fourth-order valence-electron chi connectivity index (χ4n) is 2.71. The van der Waals surface area contributed by atoms with Gasteiger partial charge >= 0.3 is 0 Å². The number of nitrogens with one attached hydrogen (secondary N) is 1. The van der Waals surface area contributed by atoms with E-state index in [1.54, 1.807) is 11.3 Å². The molecule has 1 aromatic carbocycles. The molecule has 154 valence electrons. The van der Waals surface area contributed by atoms with Gasteiger partial charge in [0.2, 0.25) is 5.91 Å². The van der Waals surface area contributed by atoms with E-state index in [-0.39, 0.29) is 19.0 Å². The van der Waals surface area contributed by atoms with Crippen molar-refractivity contribution >= 4 is 45.4 Å². The van der Waals surface area contributed by atoms with Crippen LogP contribution in [-0.2, 0) is 14.3 Å². The Morgan fingerprint density at radius 1 is 1.28 bits per heavy atom. The summed E-state index contributed by atoms with van der Waals surface area (Å²) in [5, 5.41) is 11.7. The number of carboxylic acid groups (broad SMARTS) is 1. The van der Waals surface area contributed by atoms with Gasteiger partial charge in [0.25, 0.3) is 6.47 Å². The number of aryl methyl sites for hydroxylation is 2. The Kier molecular flexibility index (Phi) is 7.63. The van der Waals surface area contributed by atoms with Crippen molar-refractivity contribution in [3.8, 4) is 10.6 Å². The van der Waals surface area contributed by atoms with Gasteiger partial charge in [0.1, 0.15) is 6.61 Å². The van der Waals surface area contributed by atoms with Crippen molar-refractivity contribution in [2.45, 2.75) is 13.8 Å². The van der Waals surface area contributed by atoms with E-state index in [4.69, 9.17) is 19.6 Å². The number of anilines is 2. The molecule has 2 heterocycles. The van der Waals surface area contributed by atoms with E-state index >= 15 is 0 Å². The van der Waals surface area contributed by atoms with Gasteiger partial charge in [-0.1, -0.05) is 11.3 Å². The number of ether oxygens (including phenoxy) is 1. The smallest absolute Gasteiger partial charge is 0.290 e. The number of thiazole rings is 1. The third-order valence-electron chi connectivity index (χ3n) is 4.04. The molecule has 0 unspecified atom stereocenters. The molecule has 0 atom stereocenters. The summed E-state index contributed by atoms with van der Waals surface area (Å²) in [5.41, 5.74) is 4.67. The highest BCUT2D eigenvalue weighted by Crippen LogP contribution is 2.33. The van der Waals surface area contributed by atoms with E-state index in [0.717, 1.165) is 43.4 Å². The molecule has 0 bridgehead atoms. The molecule has 0 aliphatic carbocycles. The monoisotopic (exact) mass is 416 g/mol. The number of fused-ring (bicyclic) bond motifs is 1. The normalized spacial score (nSPS) is 10.2. The number of methoxy groups -OCH3 is 1. The molecule has 0 saturated carbocycles. The van der Waals surface area contributed by atoms with Gasteiger partial charge < -0.3 is 20.1 Å². The maximum Gasteiger partial charge on any atom is 0.290 e. The first-order valence-electron chi connectivity index (χ1n) is 8.72. The van der Waals surface area contributed by atoms with Crippen LogP contribution in [0.4, 0.5) is 10.8 Å². The summed E-state index contributed by atoms with van der Waals surface area (Å²) < 4.78 is 4.88. The van der Waals surface area contributed by atoms with Crippen LogP contribution >= 0.6 is 11.3 Å². The summed E-state index contributed by atoms with van der Waals surface area (Å²) in [6, 6.07) is 6.04. The molecule has 2 N–H and O–H groups in total. The van der Waals surface area contributed by atoms with Crippen LogP contribution < -0.4 is 10.2 Å². The maximum atomic E-state index is 11.8. The second-order valence-corrected chi connectivity index (χ2v) is 7.51. The standard InChI is InChI=1S/C19H22N4O2S.CH2O2/c1-11-6-16(17-9-20-19(26-17)23(3)4)21-15-7-12(2)14(8-13(11)15)22-18(24)10-25-5;2-1-3/h6-9H,10H2,1-5H3,(H,22,24);1H,(H,2,3). The number of benzene rings is 1. The summed E-state index contributed by atoms with van der Waals surface area (Å²) in [5.74, 6) is -0.168. The molecule has 0 aliphatic rings. The Bertz CT molecular complexity index is 1020. The van der Waals surface area contributed by atoms with Crippen LogP contribution in [0, 0.1) is 13.8 Å². The molecule has 9 heteroatoms. The number of aromatic nitrogens is 2. The quantitative estimate of drug-likeness (QED) is 0.615. The molecule has 8 nitrogen and oxygen atoms in total. The number of carbonyl (C=O) groups is 2. The lowest BCUT2D eigenvalue weighted by Crippen LogP contribution is -2.17. The summed E-state index contributed by atoms with van der Waals surface area (Å²) in [6.07, 6.45) is 1.86. The minimum Gasteiger partial charge on any atom is -0.483 e. The molecule has 0 saturated heterocycles. The zero-order valence-corrected chi connectivity index (χ0v) is 17.8. The SMILES string of the molecule is COCC(=O)Nc1cc2c(C)cc(-c3cnc(N(C)C)s3)nc2cc1C.O=CO. The number of amides is 1. The number of rotatable bonds is 5. The number of carbonyl (C=O) groups excluding carboxylic acids is 1. The second kappa shape index (κ2) is 9.94. The maximum absolute atomic E-state index is 11.8. The molecule has 29 heavy (non-hydrogen) atoms. The van der Waals surface area contributed by atoms with Crippen LogP contribution in [0.2, 0.25) is 0 Å². The average molecular weight is 417 g/mol. The van der Waals surface area contributed by atoms with Gasteiger partial charge in [-0.2, -0.15) is 0 Å². The van der Waals surface area contributed by atoms with Crippen LogP contribution in [0.3, 0.4) is 0 Å². The Labute approximate surface area is 173 Å². The fraction of sp³-hybridized carbons (Fsp3) is 0.300. The largest absolute Gasteiger partial charge is 0.483 e. The summed E-state index contributed by atoms with van der Waals surface area (Å²) in [6.45, 7) is 3.80. The Morgan fingerprint density at radius 3 is 2.55 bits per heavy atom. The first kappa shape index (κ1) is 22.3. The molecule has 1 amide bonds. The summed E-state index contributed by atoms with van der Waals surface area (Å²) in [4.78, 5) is 32.4. The summed E-state index contributed by atoms with van der Waals surface area (Å²) in [7, 11) is 5.46. The van der Waals surface area contributed by atoms with E-state index < -0.39 is 0 Å². The Balaban J connectivity index is 0.000000941. The molecular formula is C20H24N4O4S. The molecule has 3 rings (SSSR count). The molecule has 3 aromatic rings. The van der Waals surface area contributed by atoms with Crippen molar-refractivity contribution in [3.63, 3.8) is 0 Å². The van der Waals surface area contributed by atoms with Crippen LogP contribution in [-0.4, -0.2) is 55.3 Å². The Morgan fingerprint density at radius 2 is 1.97 bits per heavy atom. The van der Waals surface area contributed by atoms with Crippen molar-refractivity contribution in [1.29, 1.82) is 0 Å². The highest BCUT2D eigenvalue weighted by molar-refractivity contribution is 7.18. The lowest BCUT2D eigenvalue weighted by Gasteiger charge is -2.12. The van der Waals surface area contributed by atoms with Gasteiger partial charge in [0.15, 0.2) is 5.13 Å². The van der Waals surface area contributed by atoms with Crippen molar-refractivity contribution < 1.29 is 19.4 Å². The third-order valence-corrected chi connectivity index (χ3v) is 5.23. The minimum atomic E-state index is -0.250. The van der Waals surface area contributed by atoms with Crippen molar-refractivity contribution in [1.82, 2.24) is 9.97 Å². The predicted octanol–water partition coefficient (Wildman–Crippen LogP) is 3.33. The van der Waals surface area contributed by atoms with Gasteiger partial charge in [-0.05, 0) is 43.2 Å². The number of pyridine rings is 1. The van der Waals surface area contributed by atoms with Gasteiger partial charge in [-0.15, -0.1) is 0 Å². The van der Waals surface area contributed by atoms with E-state index in [1.165, 1.54) is 7.11 Å². The zero-order chi connectivity index (χ0) is 21.6. The molecule has 0 aliphatic heterocycles. The lowest BCUT2D eigenvalue weighted by atomic mass is 10.0. The fourth-order valence-corrected chi connectivity index (χ4v) is 3.51. The average Bonchev–Trinajstić information content (AvgIpc) is 3.14. The molecule has 0 spiro atoms. The van der Waals surface area contributed by atoms with Crippen molar-refractivity contribution in [2.75, 3.05) is 38.0 Å². The highest BCUT2D eigenvalue weighted by Gasteiger charge is 2.12. The number of nitrogens with zero attached hydrogens (tertiary/aromatic N) is 3. The summed E-state index contributed by atoms with van der Waals surface area (Å²) >= 11 is 1.61. The zero-order valence-electron chi connectivity index (χ0n) is 17.0. The van der Waals surface area contributed by atoms with E-state index in [1.807, 2.05) is 44.2 Å².